The lowest BCUT2D eigenvalue weighted by molar-refractivity contribution is -0.113. The fourth-order valence-electron chi connectivity index (χ4n) is 3.69. The molecule has 0 saturated carbocycles. The average Bonchev–Trinajstić information content (AvgIpc) is 3.20. The monoisotopic (exact) mass is 434 g/mol. The molecule has 3 heterocycles. The molecule has 9 heteroatoms. The molecule has 32 heavy (non-hydrogen) atoms. The predicted octanol–water partition coefficient (Wildman–Crippen LogP) is 2.92. The van der Waals surface area contributed by atoms with E-state index in [4.69, 9.17) is 4.74 Å². The summed E-state index contributed by atoms with van der Waals surface area (Å²) in [6.45, 7) is 4.43. The topological polar surface area (TPSA) is 114 Å². The van der Waals surface area contributed by atoms with Gasteiger partial charge in [0.1, 0.15) is 11.8 Å². The van der Waals surface area contributed by atoms with E-state index >= 15 is 0 Å². The number of nitrogens with one attached hydrogen (secondary N) is 2. The van der Waals surface area contributed by atoms with E-state index in [9.17, 15) is 9.90 Å². The maximum Gasteiger partial charge on any atom is 0.255 e. The third kappa shape index (κ3) is 4.47. The van der Waals surface area contributed by atoms with Crippen LogP contribution in [0.3, 0.4) is 0 Å². The summed E-state index contributed by atoms with van der Waals surface area (Å²) in [6.07, 6.45) is 4.37. The Morgan fingerprint density at radius 2 is 2.09 bits per heavy atom. The van der Waals surface area contributed by atoms with Gasteiger partial charge in [-0.1, -0.05) is 12.1 Å². The smallest absolute Gasteiger partial charge is 0.255 e. The van der Waals surface area contributed by atoms with Crippen LogP contribution >= 0.6 is 0 Å². The minimum atomic E-state index is -0.478. The number of hydrogen-bond acceptors (Lipinski definition) is 7. The largest absolute Gasteiger partial charge is 0.494 e. The van der Waals surface area contributed by atoms with Crippen molar-refractivity contribution in [2.24, 2.45) is 0 Å². The number of rotatable bonds is 8. The van der Waals surface area contributed by atoms with Crippen LogP contribution in [0.25, 0.3) is 0 Å². The average molecular weight is 435 g/mol. The van der Waals surface area contributed by atoms with Crippen LogP contribution in [-0.4, -0.2) is 44.0 Å². The van der Waals surface area contributed by atoms with Gasteiger partial charge in [0.2, 0.25) is 5.95 Å². The zero-order valence-electron chi connectivity index (χ0n) is 18.1. The second-order valence-corrected chi connectivity index (χ2v) is 7.39. The first kappa shape index (κ1) is 21.5. The summed E-state index contributed by atoms with van der Waals surface area (Å²) >= 11 is 0. The molecule has 0 saturated heterocycles. The summed E-state index contributed by atoms with van der Waals surface area (Å²) in [5.41, 5.74) is 2.71. The Morgan fingerprint density at radius 3 is 2.78 bits per heavy atom. The first-order valence-corrected chi connectivity index (χ1v) is 10.6. The summed E-state index contributed by atoms with van der Waals surface area (Å²) < 4.78 is 7.30. The van der Waals surface area contributed by atoms with Gasteiger partial charge in [0.15, 0.2) is 5.82 Å². The number of fused-ring (bicyclic) bond motifs is 1. The zero-order chi connectivity index (χ0) is 22.5. The Kier molecular flexibility index (Phi) is 6.46. The normalized spacial score (nSPS) is 15.2. The van der Waals surface area contributed by atoms with Gasteiger partial charge >= 0.3 is 0 Å². The van der Waals surface area contributed by atoms with Crippen LogP contribution in [0.15, 0.2) is 60.1 Å². The number of carbonyl (C=O) groups excluding carboxylic acids is 1. The molecule has 0 spiro atoms. The van der Waals surface area contributed by atoms with Crippen LogP contribution in [0.2, 0.25) is 0 Å². The maximum absolute atomic E-state index is 13.4. The molecule has 0 bridgehead atoms. The van der Waals surface area contributed by atoms with Crippen molar-refractivity contribution >= 4 is 17.5 Å². The highest BCUT2D eigenvalue weighted by molar-refractivity contribution is 6.05. The molecule has 4 rings (SSSR count). The molecule has 0 radical (unpaired) electrons. The van der Waals surface area contributed by atoms with E-state index in [0.717, 1.165) is 11.3 Å². The Morgan fingerprint density at radius 1 is 1.28 bits per heavy atom. The van der Waals surface area contributed by atoms with Gasteiger partial charge in [-0.05, 0) is 50.1 Å². The van der Waals surface area contributed by atoms with Gasteiger partial charge in [0.25, 0.3) is 5.91 Å². The summed E-state index contributed by atoms with van der Waals surface area (Å²) in [6, 6.07) is 10.7. The third-order valence-corrected chi connectivity index (χ3v) is 5.13. The van der Waals surface area contributed by atoms with Crippen LogP contribution in [0, 0.1) is 0 Å². The Balaban J connectivity index is 1.74. The van der Waals surface area contributed by atoms with Crippen molar-refractivity contribution in [2.75, 3.05) is 23.8 Å². The molecule has 1 amide bonds. The van der Waals surface area contributed by atoms with Crippen molar-refractivity contribution in [3.8, 4) is 5.75 Å². The van der Waals surface area contributed by atoms with Gasteiger partial charge in [0, 0.05) is 24.9 Å². The Labute approximate surface area is 186 Å². The highest BCUT2D eigenvalue weighted by Crippen LogP contribution is 2.36. The molecular formula is C23H26N6O3. The number of hydrogen-bond donors (Lipinski definition) is 3. The molecule has 0 aliphatic carbocycles. The predicted molar refractivity (Wildman–Crippen MR) is 120 cm³/mol. The lowest BCUT2D eigenvalue weighted by Crippen LogP contribution is -2.31. The molecule has 0 unspecified atom stereocenters. The van der Waals surface area contributed by atoms with Gasteiger partial charge in [0.05, 0.1) is 24.1 Å². The number of nitrogens with zero attached hydrogens (tertiary/aromatic N) is 4. The van der Waals surface area contributed by atoms with E-state index in [1.54, 1.807) is 29.2 Å². The highest BCUT2D eigenvalue weighted by Gasteiger charge is 2.34. The minimum absolute atomic E-state index is 0.0651. The van der Waals surface area contributed by atoms with Crippen molar-refractivity contribution in [1.29, 1.82) is 0 Å². The lowest BCUT2D eigenvalue weighted by Gasteiger charge is -2.28. The number of carbonyl (C=O) groups is 1. The van der Waals surface area contributed by atoms with E-state index in [-0.39, 0.29) is 12.5 Å². The van der Waals surface area contributed by atoms with Gasteiger partial charge in [-0.15, -0.1) is 0 Å². The van der Waals surface area contributed by atoms with Crippen LogP contribution in [0.5, 0.6) is 5.75 Å². The standard InChI is InChI=1S/C23H26N6O3/c1-3-32-18-10-8-16(9-11-18)21-20(22(31)26-17-6-4-12-24-14-17)15(2)25-23-27-19(7-5-13-30)28-29(21)23/h4,6,8-12,14,21,30H,3,5,7,13H2,1-2H3,(H,26,31)(H,25,27,28)/t21-/m0/s1. The van der Waals surface area contributed by atoms with Crippen LogP contribution in [0.4, 0.5) is 11.6 Å². The fourth-order valence-corrected chi connectivity index (χ4v) is 3.69. The second kappa shape index (κ2) is 9.61. The second-order valence-electron chi connectivity index (χ2n) is 7.39. The molecule has 1 aliphatic heterocycles. The van der Waals surface area contributed by atoms with Gasteiger partial charge in [-0.3, -0.25) is 9.78 Å². The number of aryl methyl sites for hydroxylation is 1. The van der Waals surface area contributed by atoms with Gasteiger partial charge < -0.3 is 20.5 Å². The van der Waals surface area contributed by atoms with Crippen LogP contribution in [-0.2, 0) is 11.2 Å². The summed E-state index contributed by atoms with van der Waals surface area (Å²) in [4.78, 5) is 22.0. The van der Waals surface area contributed by atoms with E-state index in [1.807, 2.05) is 38.1 Å². The molecule has 2 aromatic heterocycles. The van der Waals surface area contributed by atoms with Crippen molar-refractivity contribution in [2.45, 2.75) is 32.7 Å². The van der Waals surface area contributed by atoms with E-state index in [1.165, 1.54) is 0 Å². The van der Waals surface area contributed by atoms with Crippen LogP contribution < -0.4 is 15.4 Å². The zero-order valence-corrected chi connectivity index (χ0v) is 18.1. The number of aromatic nitrogens is 4. The maximum atomic E-state index is 13.4. The Hall–Kier alpha value is -3.72. The number of allylic oxidation sites excluding steroid dienone is 1. The number of aliphatic hydroxyl groups is 1. The number of aliphatic hydroxyl groups excluding tert-OH is 1. The number of pyridine rings is 1. The third-order valence-electron chi connectivity index (χ3n) is 5.13. The van der Waals surface area contributed by atoms with Crippen molar-refractivity contribution in [1.82, 2.24) is 19.7 Å². The first-order chi connectivity index (χ1) is 15.6. The fraction of sp³-hybridized carbons (Fsp3) is 0.304. The molecule has 166 valence electrons. The summed E-state index contributed by atoms with van der Waals surface area (Å²) in [7, 11) is 0. The highest BCUT2D eigenvalue weighted by atomic mass is 16.5. The number of anilines is 2. The lowest BCUT2D eigenvalue weighted by atomic mass is 9.95. The van der Waals surface area contributed by atoms with Gasteiger partial charge in [-0.2, -0.15) is 10.1 Å². The Bertz CT molecular complexity index is 1110. The molecule has 9 nitrogen and oxygen atoms in total. The number of ether oxygens (including phenoxy) is 1. The number of amides is 1. The first-order valence-electron chi connectivity index (χ1n) is 10.6. The SMILES string of the molecule is CCOc1ccc([C@H]2C(C(=O)Nc3cccnc3)=C(C)Nc3nc(CCCO)nn32)cc1. The van der Waals surface area contributed by atoms with Crippen molar-refractivity contribution in [3.05, 3.63) is 71.4 Å². The van der Waals surface area contributed by atoms with E-state index in [2.05, 4.69) is 25.7 Å². The van der Waals surface area contributed by atoms with Gasteiger partial charge in [-0.25, -0.2) is 4.68 Å². The quantitative estimate of drug-likeness (QED) is 0.499. The molecular weight excluding hydrogens is 408 g/mol. The minimum Gasteiger partial charge on any atom is -0.494 e. The van der Waals surface area contributed by atoms with Crippen LogP contribution in [0.1, 0.15) is 37.7 Å². The van der Waals surface area contributed by atoms with Crippen molar-refractivity contribution < 1.29 is 14.6 Å². The molecule has 3 N–H and O–H groups in total. The number of benzene rings is 1. The molecule has 1 atom stereocenters. The molecule has 0 fully saturated rings. The summed E-state index contributed by atoms with van der Waals surface area (Å²) in [5, 5.41) is 20.0. The molecule has 1 aromatic carbocycles. The van der Waals surface area contributed by atoms with E-state index < -0.39 is 6.04 Å². The summed E-state index contributed by atoms with van der Waals surface area (Å²) in [5.74, 6) is 1.68. The molecule has 3 aromatic rings. The van der Waals surface area contributed by atoms with E-state index in [0.29, 0.717) is 48.2 Å². The van der Waals surface area contributed by atoms with Crippen molar-refractivity contribution in [3.63, 3.8) is 0 Å². The molecule has 1 aliphatic rings.